The molecule has 11 heteroatoms. The van der Waals surface area contributed by atoms with Crippen molar-refractivity contribution >= 4 is 17.3 Å². The van der Waals surface area contributed by atoms with Crippen LogP contribution in [0.2, 0.25) is 5.02 Å². The van der Waals surface area contributed by atoms with Gasteiger partial charge < -0.3 is 4.74 Å². The highest BCUT2D eigenvalue weighted by molar-refractivity contribution is 6.34. The van der Waals surface area contributed by atoms with E-state index in [0.717, 1.165) is 6.07 Å². The Balaban J connectivity index is 2.59. The van der Waals surface area contributed by atoms with Crippen molar-refractivity contribution in [1.29, 1.82) is 5.26 Å². The molecule has 22 heavy (non-hydrogen) atoms. The molecular formula is C11H4ClF3N4O3. The van der Waals surface area contributed by atoms with Crippen LogP contribution in [0, 0.1) is 27.3 Å². The number of rotatable bonds is 4. The number of nitrogens with zero attached hydrogens (tertiary/aromatic N) is 3. The van der Waals surface area contributed by atoms with Crippen LogP contribution in [-0.2, 0) is 0 Å². The molecule has 0 radical (unpaired) electrons. The van der Waals surface area contributed by atoms with Gasteiger partial charge in [-0.05, 0) is 6.07 Å². The van der Waals surface area contributed by atoms with Crippen molar-refractivity contribution in [1.82, 2.24) is 10.2 Å². The Labute approximate surface area is 125 Å². The van der Waals surface area contributed by atoms with Crippen LogP contribution in [0.5, 0.6) is 5.88 Å². The molecule has 2 rings (SSSR count). The number of hydrogen-bond donors (Lipinski definition) is 1. The fourth-order valence-electron chi connectivity index (χ4n) is 1.65. The van der Waals surface area contributed by atoms with Gasteiger partial charge in [0, 0.05) is 11.6 Å². The van der Waals surface area contributed by atoms with Crippen LogP contribution in [-0.4, -0.2) is 21.7 Å². The average Bonchev–Trinajstić information content (AvgIpc) is 2.79. The summed E-state index contributed by atoms with van der Waals surface area (Å²) in [4.78, 5) is 9.97. The highest BCUT2D eigenvalue weighted by Crippen LogP contribution is 2.37. The molecule has 0 fully saturated rings. The molecule has 0 atom stereocenters. The summed E-state index contributed by atoms with van der Waals surface area (Å²) in [5, 5.41) is 24.6. The molecule has 0 spiro atoms. The minimum absolute atomic E-state index is 0.289. The van der Waals surface area contributed by atoms with E-state index in [0.29, 0.717) is 6.07 Å². The van der Waals surface area contributed by atoms with E-state index in [1.165, 1.54) is 6.07 Å². The van der Waals surface area contributed by atoms with E-state index in [1.807, 2.05) is 0 Å². The van der Waals surface area contributed by atoms with Crippen LogP contribution >= 0.6 is 11.6 Å². The molecule has 1 N–H and O–H groups in total. The smallest absolute Gasteiger partial charge is 0.388 e. The summed E-state index contributed by atoms with van der Waals surface area (Å²) in [5.41, 5.74) is -1.86. The maximum Gasteiger partial charge on any atom is 0.388 e. The number of nitriles is 1. The van der Waals surface area contributed by atoms with Gasteiger partial charge in [0.1, 0.15) is 22.5 Å². The first-order chi connectivity index (χ1) is 10.3. The lowest BCUT2D eigenvalue weighted by molar-refractivity contribution is -0.385. The van der Waals surface area contributed by atoms with Gasteiger partial charge in [-0.2, -0.15) is 14.0 Å². The Bertz CT molecular complexity index is 788. The average molecular weight is 333 g/mol. The lowest BCUT2D eigenvalue weighted by Crippen LogP contribution is -2.02. The molecule has 0 amide bonds. The van der Waals surface area contributed by atoms with Gasteiger partial charge in [-0.1, -0.05) is 11.6 Å². The van der Waals surface area contributed by atoms with Crippen LogP contribution in [0.3, 0.4) is 0 Å². The van der Waals surface area contributed by atoms with Crippen LogP contribution < -0.4 is 4.74 Å². The van der Waals surface area contributed by atoms with Crippen molar-refractivity contribution in [3.8, 4) is 23.2 Å². The minimum atomic E-state index is -3.20. The lowest BCUT2D eigenvalue weighted by Gasteiger charge is -2.03. The summed E-state index contributed by atoms with van der Waals surface area (Å²) >= 11 is 5.73. The summed E-state index contributed by atoms with van der Waals surface area (Å²) in [7, 11) is 0. The topological polar surface area (TPSA) is 105 Å². The molecule has 0 saturated heterocycles. The third-order valence-electron chi connectivity index (χ3n) is 2.55. The van der Waals surface area contributed by atoms with E-state index in [4.69, 9.17) is 16.9 Å². The maximum atomic E-state index is 13.9. The summed E-state index contributed by atoms with van der Waals surface area (Å²) in [6, 6.07) is 2.86. The molecule has 1 aromatic carbocycles. The quantitative estimate of drug-likeness (QED) is 0.683. The van der Waals surface area contributed by atoms with Crippen molar-refractivity contribution in [3.63, 3.8) is 0 Å². The zero-order valence-corrected chi connectivity index (χ0v) is 11.1. The second-order valence-electron chi connectivity index (χ2n) is 3.81. The number of aromatic amines is 1. The highest BCUT2D eigenvalue weighted by Gasteiger charge is 2.24. The van der Waals surface area contributed by atoms with Gasteiger partial charge >= 0.3 is 6.61 Å². The SMILES string of the molecule is N#Cc1cc(F)c(-c2[nH]nc(OC(F)F)c2Cl)cc1[N+](=O)[O-]. The zero-order chi connectivity index (χ0) is 16.4. The van der Waals surface area contributed by atoms with E-state index >= 15 is 0 Å². The van der Waals surface area contributed by atoms with E-state index in [-0.39, 0.29) is 5.69 Å². The lowest BCUT2D eigenvalue weighted by atomic mass is 10.1. The van der Waals surface area contributed by atoms with Gasteiger partial charge in [-0.15, -0.1) is 5.10 Å². The molecule has 7 nitrogen and oxygen atoms in total. The van der Waals surface area contributed by atoms with E-state index in [2.05, 4.69) is 14.9 Å². The highest BCUT2D eigenvalue weighted by atomic mass is 35.5. The van der Waals surface area contributed by atoms with E-state index < -0.39 is 45.1 Å². The number of benzene rings is 1. The van der Waals surface area contributed by atoms with Crippen LogP contribution in [0.1, 0.15) is 5.56 Å². The van der Waals surface area contributed by atoms with Gasteiger partial charge in [0.25, 0.3) is 11.6 Å². The van der Waals surface area contributed by atoms with Gasteiger partial charge in [0.2, 0.25) is 0 Å². The number of nitro benzene ring substituents is 1. The van der Waals surface area contributed by atoms with Crippen molar-refractivity contribution in [2.45, 2.75) is 6.61 Å². The number of ether oxygens (including phenoxy) is 1. The predicted molar refractivity (Wildman–Crippen MR) is 67.0 cm³/mol. The summed E-state index contributed by atoms with van der Waals surface area (Å²) < 4.78 is 42.2. The molecule has 1 aromatic heterocycles. The monoisotopic (exact) mass is 332 g/mol. The third kappa shape index (κ3) is 2.79. The van der Waals surface area contributed by atoms with E-state index in [9.17, 15) is 23.3 Å². The van der Waals surface area contributed by atoms with Gasteiger partial charge in [0.05, 0.1) is 10.6 Å². The van der Waals surface area contributed by atoms with E-state index in [1.54, 1.807) is 0 Å². The normalized spacial score (nSPS) is 10.5. The molecule has 0 aliphatic heterocycles. The molecule has 0 bridgehead atoms. The van der Waals surface area contributed by atoms with Crippen molar-refractivity contribution in [2.75, 3.05) is 0 Å². The molecular weight excluding hydrogens is 329 g/mol. The fraction of sp³-hybridized carbons (Fsp3) is 0.0909. The molecule has 0 aliphatic carbocycles. The third-order valence-corrected chi connectivity index (χ3v) is 2.90. The zero-order valence-electron chi connectivity index (χ0n) is 10.3. The molecule has 0 aliphatic rings. The number of nitrogens with one attached hydrogen (secondary N) is 1. The number of alkyl halides is 2. The Kier molecular flexibility index (Phi) is 4.18. The Morgan fingerprint density at radius 2 is 2.18 bits per heavy atom. The number of halogens is 4. The summed E-state index contributed by atoms with van der Waals surface area (Å²) in [6.45, 7) is -3.20. The first kappa shape index (κ1) is 15.6. The number of nitro groups is 1. The molecule has 114 valence electrons. The molecule has 0 saturated carbocycles. The number of hydrogen-bond acceptors (Lipinski definition) is 5. The Hall–Kier alpha value is -2.80. The standard InChI is InChI=1S/C11H4ClF3N4O3/c12-8-9(17-18-10(8)22-11(14)15)5-2-7(19(20)21)4(3-16)1-6(5)13/h1-2,11H,(H,17,18). The van der Waals surface area contributed by atoms with Crippen molar-refractivity contribution in [2.24, 2.45) is 0 Å². The number of H-pyrrole nitrogens is 1. The molecule has 1 heterocycles. The first-order valence-corrected chi connectivity index (χ1v) is 5.80. The first-order valence-electron chi connectivity index (χ1n) is 5.42. The summed E-state index contributed by atoms with van der Waals surface area (Å²) in [5.74, 6) is -1.70. The minimum Gasteiger partial charge on any atom is -0.414 e. The largest absolute Gasteiger partial charge is 0.414 e. The predicted octanol–water partition coefficient (Wildman–Crippen LogP) is 3.25. The maximum absolute atomic E-state index is 13.9. The molecule has 0 unspecified atom stereocenters. The van der Waals surface area contributed by atoms with Crippen LogP contribution in [0.25, 0.3) is 11.3 Å². The summed E-state index contributed by atoms with van der Waals surface area (Å²) in [6.07, 6.45) is 0. The van der Waals surface area contributed by atoms with Crippen LogP contribution in [0.15, 0.2) is 12.1 Å². The second-order valence-corrected chi connectivity index (χ2v) is 4.19. The Morgan fingerprint density at radius 1 is 1.50 bits per heavy atom. The van der Waals surface area contributed by atoms with Crippen molar-refractivity contribution < 1.29 is 22.8 Å². The van der Waals surface area contributed by atoms with Gasteiger partial charge in [-0.3, -0.25) is 15.2 Å². The van der Waals surface area contributed by atoms with Crippen molar-refractivity contribution in [3.05, 3.63) is 38.7 Å². The second kappa shape index (κ2) is 5.90. The van der Waals surface area contributed by atoms with Gasteiger partial charge in [-0.25, -0.2) is 4.39 Å². The molecule has 2 aromatic rings. The van der Waals surface area contributed by atoms with Crippen LogP contribution in [0.4, 0.5) is 18.9 Å². The van der Waals surface area contributed by atoms with Gasteiger partial charge in [0.15, 0.2) is 0 Å². The fourth-order valence-corrected chi connectivity index (χ4v) is 1.88. The number of aromatic nitrogens is 2. The Morgan fingerprint density at radius 3 is 2.73 bits per heavy atom.